The molecule has 2 N–H and O–H groups in total. The number of likely N-dealkylation sites (tertiary alicyclic amines) is 1. The van der Waals surface area contributed by atoms with Crippen LogP contribution < -0.4 is 4.72 Å². The van der Waals surface area contributed by atoms with E-state index in [0.29, 0.717) is 17.8 Å². The average molecular weight is 312 g/mol. The van der Waals surface area contributed by atoms with Gasteiger partial charge in [-0.25, -0.2) is 8.42 Å². The molecule has 1 aliphatic heterocycles. The highest BCUT2D eigenvalue weighted by Crippen LogP contribution is 2.25. The highest BCUT2D eigenvalue weighted by Gasteiger charge is 2.18. The largest absolute Gasteiger partial charge is 0.387 e. The number of sulfonamides is 1. The molecule has 1 unspecified atom stereocenters. The van der Waals surface area contributed by atoms with E-state index in [1.165, 1.54) is 12.8 Å². The smallest absolute Gasteiger partial charge is 0.229 e. The lowest BCUT2D eigenvalue weighted by atomic mass is 10.1. The molecule has 0 spiro atoms. The molecule has 1 aliphatic rings. The second-order valence-electron chi connectivity index (χ2n) is 5.69. The summed E-state index contributed by atoms with van der Waals surface area (Å²) in [7, 11) is -3.35. The van der Waals surface area contributed by atoms with Crippen molar-refractivity contribution in [3.63, 3.8) is 0 Å². The van der Waals surface area contributed by atoms with E-state index in [1.54, 1.807) is 18.2 Å². The number of aliphatic hydroxyl groups is 1. The van der Waals surface area contributed by atoms with Crippen LogP contribution in [0.25, 0.3) is 0 Å². The predicted octanol–water partition coefficient (Wildman–Crippen LogP) is 1.97. The summed E-state index contributed by atoms with van der Waals surface area (Å²) in [5.41, 5.74) is 1.09. The molecular formula is C15H24N2O3S. The molecule has 0 aromatic heterocycles. The molecule has 0 saturated carbocycles. The van der Waals surface area contributed by atoms with Crippen LogP contribution in [0.1, 0.15) is 37.4 Å². The number of aliphatic hydroxyl groups excluding tert-OH is 1. The normalized spacial score (nSPS) is 19.0. The minimum atomic E-state index is -3.35. The summed E-state index contributed by atoms with van der Waals surface area (Å²) in [6.07, 6.45) is 5.25. The van der Waals surface area contributed by atoms with Crippen molar-refractivity contribution in [1.29, 1.82) is 0 Å². The third-order valence-corrected chi connectivity index (χ3v) is 4.34. The summed E-state index contributed by atoms with van der Waals surface area (Å²) in [6.45, 7) is 2.54. The summed E-state index contributed by atoms with van der Waals surface area (Å²) in [4.78, 5) is 2.26. The Bertz CT molecular complexity index is 552. The lowest BCUT2D eigenvalue weighted by Gasteiger charge is -2.24. The second kappa shape index (κ2) is 7.24. The fourth-order valence-corrected chi connectivity index (χ4v) is 3.33. The molecule has 0 bridgehead atoms. The van der Waals surface area contributed by atoms with Crippen molar-refractivity contribution < 1.29 is 13.5 Å². The molecule has 21 heavy (non-hydrogen) atoms. The monoisotopic (exact) mass is 312 g/mol. The lowest BCUT2D eigenvalue weighted by molar-refractivity contribution is 0.115. The maximum Gasteiger partial charge on any atom is 0.229 e. The molecular weight excluding hydrogens is 288 g/mol. The van der Waals surface area contributed by atoms with Gasteiger partial charge < -0.3 is 10.0 Å². The van der Waals surface area contributed by atoms with Gasteiger partial charge in [-0.1, -0.05) is 31.0 Å². The molecule has 6 heteroatoms. The number of nitrogens with zero attached hydrogens (tertiary/aromatic N) is 1. The summed E-state index contributed by atoms with van der Waals surface area (Å²) in [6, 6.07) is 7.03. The Labute approximate surface area is 127 Å². The molecule has 1 atom stereocenters. The van der Waals surface area contributed by atoms with E-state index in [1.807, 2.05) is 6.07 Å². The van der Waals surface area contributed by atoms with Gasteiger partial charge in [0.15, 0.2) is 0 Å². The van der Waals surface area contributed by atoms with E-state index in [9.17, 15) is 13.5 Å². The van der Waals surface area contributed by atoms with Crippen LogP contribution in [0.4, 0.5) is 5.69 Å². The summed E-state index contributed by atoms with van der Waals surface area (Å²) < 4.78 is 25.3. The number of hydrogen-bond donors (Lipinski definition) is 2. The Kier molecular flexibility index (Phi) is 5.61. The molecule has 0 amide bonds. The summed E-state index contributed by atoms with van der Waals surface area (Å²) in [5.74, 6) is 0. The first-order valence-electron chi connectivity index (χ1n) is 7.43. The quantitative estimate of drug-likeness (QED) is 0.872. The van der Waals surface area contributed by atoms with Crippen molar-refractivity contribution in [2.75, 3.05) is 30.6 Å². The molecule has 5 nitrogen and oxygen atoms in total. The van der Waals surface area contributed by atoms with Gasteiger partial charge in [0, 0.05) is 12.1 Å². The van der Waals surface area contributed by atoms with Crippen LogP contribution in [-0.4, -0.2) is 44.3 Å². The van der Waals surface area contributed by atoms with Gasteiger partial charge in [0.2, 0.25) is 10.0 Å². The van der Waals surface area contributed by atoms with Crippen molar-refractivity contribution in [2.45, 2.75) is 31.8 Å². The van der Waals surface area contributed by atoms with E-state index in [4.69, 9.17) is 0 Å². The molecule has 1 aromatic carbocycles. The third kappa shape index (κ3) is 5.30. The SMILES string of the molecule is CS(=O)(=O)Nc1ccccc1C(O)CN1CCCCCC1. The van der Waals surface area contributed by atoms with Gasteiger partial charge in [0.05, 0.1) is 18.0 Å². The first-order chi connectivity index (χ1) is 9.96. The molecule has 1 heterocycles. The van der Waals surface area contributed by atoms with E-state index in [-0.39, 0.29) is 0 Å². The van der Waals surface area contributed by atoms with E-state index in [0.717, 1.165) is 32.2 Å². The summed E-state index contributed by atoms with van der Waals surface area (Å²) >= 11 is 0. The van der Waals surface area contributed by atoms with Gasteiger partial charge in [-0.3, -0.25) is 4.72 Å². The Morgan fingerprint density at radius 3 is 2.43 bits per heavy atom. The van der Waals surface area contributed by atoms with Crippen LogP contribution in [0.2, 0.25) is 0 Å². The van der Waals surface area contributed by atoms with Crippen molar-refractivity contribution >= 4 is 15.7 Å². The molecule has 1 fully saturated rings. The van der Waals surface area contributed by atoms with Crippen molar-refractivity contribution in [3.05, 3.63) is 29.8 Å². The lowest BCUT2D eigenvalue weighted by Crippen LogP contribution is -2.30. The van der Waals surface area contributed by atoms with Gasteiger partial charge in [-0.05, 0) is 32.0 Å². The number of anilines is 1. The second-order valence-corrected chi connectivity index (χ2v) is 7.44. The zero-order chi connectivity index (χ0) is 15.3. The van der Waals surface area contributed by atoms with Crippen molar-refractivity contribution in [1.82, 2.24) is 4.90 Å². The fraction of sp³-hybridized carbons (Fsp3) is 0.600. The van der Waals surface area contributed by atoms with E-state index in [2.05, 4.69) is 9.62 Å². The van der Waals surface area contributed by atoms with Crippen molar-refractivity contribution in [3.8, 4) is 0 Å². The fourth-order valence-electron chi connectivity index (χ4n) is 2.74. The molecule has 0 aliphatic carbocycles. The highest BCUT2D eigenvalue weighted by atomic mass is 32.2. The van der Waals surface area contributed by atoms with Crippen LogP contribution in [0.15, 0.2) is 24.3 Å². The summed E-state index contributed by atoms with van der Waals surface area (Å²) in [5, 5.41) is 10.5. The first kappa shape index (κ1) is 16.3. The van der Waals surface area contributed by atoms with Crippen LogP contribution in [0, 0.1) is 0 Å². The zero-order valence-corrected chi connectivity index (χ0v) is 13.3. The van der Waals surface area contributed by atoms with Crippen molar-refractivity contribution in [2.24, 2.45) is 0 Å². The number of nitrogens with one attached hydrogen (secondary N) is 1. The minimum Gasteiger partial charge on any atom is -0.387 e. The topological polar surface area (TPSA) is 69.6 Å². The zero-order valence-electron chi connectivity index (χ0n) is 12.5. The molecule has 1 aromatic rings. The average Bonchev–Trinajstić information content (AvgIpc) is 2.66. The maximum atomic E-state index is 11.4. The van der Waals surface area contributed by atoms with Gasteiger partial charge in [-0.15, -0.1) is 0 Å². The van der Waals surface area contributed by atoms with E-state index < -0.39 is 16.1 Å². The van der Waals surface area contributed by atoms with Crippen LogP contribution in [0.3, 0.4) is 0 Å². The maximum absolute atomic E-state index is 11.4. The van der Waals surface area contributed by atoms with Crippen LogP contribution >= 0.6 is 0 Å². The third-order valence-electron chi connectivity index (χ3n) is 3.74. The Morgan fingerprint density at radius 1 is 1.19 bits per heavy atom. The molecule has 1 saturated heterocycles. The van der Waals surface area contributed by atoms with Gasteiger partial charge in [0.1, 0.15) is 0 Å². The van der Waals surface area contributed by atoms with Gasteiger partial charge >= 0.3 is 0 Å². The van der Waals surface area contributed by atoms with Gasteiger partial charge in [-0.2, -0.15) is 0 Å². The van der Waals surface area contributed by atoms with Gasteiger partial charge in [0.25, 0.3) is 0 Å². The Hall–Kier alpha value is -1.11. The minimum absolute atomic E-state index is 0.460. The van der Waals surface area contributed by atoms with E-state index >= 15 is 0 Å². The Balaban J connectivity index is 2.09. The number of benzene rings is 1. The first-order valence-corrected chi connectivity index (χ1v) is 9.32. The molecule has 2 rings (SSSR count). The number of hydrogen-bond acceptors (Lipinski definition) is 4. The predicted molar refractivity (Wildman–Crippen MR) is 84.8 cm³/mol. The molecule has 0 radical (unpaired) electrons. The number of rotatable bonds is 5. The van der Waals surface area contributed by atoms with Crippen LogP contribution in [-0.2, 0) is 10.0 Å². The number of β-amino-alcohol motifs (C(OH)–C–C–N with tert-alkyl or cyclic N) is 1. The highest BCUT2D eigenvalue weighted by molar-refractivity contribution is 7.92. The van der Waals surface area contributed by atoms with Crippen LogP contribution in [0.5, 0.6) is 0 Å². The standard InChI is InChI=1S/C15H24N2O3S/c1-21(19,20)16-14-9-5-4-8-13(14)15(18)12-17-10-6-2-3-7-11-17/h4-5,8-9,15-16,18H,2-3,6-7,10-12H2,1H3. The molecule has 118 valence electrons. The number of para-hydroxylation sites is 1. The Morgan fingerprint density at radius 2 is 1.81 bits per heavy atom.